The zero-order valence-electron chi connectivity index (χ0n) is 8.85. The smallest absolute Gasteiger partial charge is 0.182 e. The zero-order valence-corrected chi connectivity index (χ0v) is 12.1. The lowest BCUT2D eigenvalue weighted by Crippen LogP contribution is -2.11. The van der Waals surface area contributed by atoms with Gasteiger partial charge in [0.1, 0.15) is 0 Å². The molecule has 17 heavy (non-hydrogen) atoms. The van der Waals surface area contributed by atoms with Crippen LogP contribution in [0.25, 0.3) is 0 Å². The Morgan fingerprint density at radius 2 is 2.12 bits per heavy atom. The van der Waals surface area contributed by atoms with Crippen molar-refractivity contribution in [3.8, 4) is 0 Å². The maximum absolute atomic E-state index is 12.5. The van der Waals surface area contributed by atoms with Crippen LogP contribution in [0.4, 0.5) is 0 Å². The van der Waals surface area contributed by atoms with Gasteiger partial charge in [-0.3, -0.25) is 4.79 Å². The van der Waals surface area contributed by atoms with Crippen molar-refractivity contribution in [2.24, 2.45) is 0 Å². The molecule has 0 N–H and O–H groups in total. The molecule has 0 fully saturated rings. The Kier molecular flexibility index (Phi) is 3.11. The van der Waals surface area contributed by atoms with Crippen LogP contribution < -0.4 is 0 Å². The number of Topliss-reactive ketones (excluding diaryl/α,β-unsaturated/α-hetero) is 1. The Morgan fingerprint density at radius 3 is 2.88 bits per heavy atom. The number of rotatable bonds is 2. The molecule has 2 aromatic rings. The molecule has 1 unspecified atom stereocenters. The molecule has 2 heterocycles. The van der Waals surface area contributed by atoms with E-state index in [0.717, 1.165) is 15.1 Å². The third-order valence-electron chi connectivity index (χ3n) is 2.86. The minimum atomic E-state index is 0.0196. The highest BCUT2D eigenvalue weighted by Gasteiger charge is 2.31. The van der Waals surface area contributed by atoms with Gasteiger partial charge in [-0.15, -0.1) is 23.1 Å². The lowest BCUT2D eigenvalue weighted by molar-refractivity contribution is 0.0971. The molecule has 4 heteroatoms. The SMILES string of the molecule is O=C(c1sccc1Br)C1CSc2ccccc21. The molecule has 0 saturated heterocycles. The van der Waals surface area contributed by atoms with Crippen LogP contribution in [-0.4, -0.2) is 11.5 Å². The quantitative estimate of drug-likeness (QED) is 0.752. The van der Waals surface area contributed by atoms with Crippen LogP contribution in [0, 0.1) is 0 Å². The third-order valence-corrected chi connectivity index (χ3v) is 5.89. The van der Waals surface area contributed by atoms with Crippen LogP contribution in [0.15, 0.2) is 45.1 Å². The van der Waals surface area contributed by atoms with Gasteiger partial charge in [0.05, 0.1) is 10.8 Å². The Balaban J connectivity index is 1.98. The monoisotopic (exact) mass is 324 g/mol. The second-order valence-corrected chi connectivity index (χ2v) is 6.70. The fraction of sp³-hybridized carbons (Fsp3) is 0.154. The van der Waals surface area contributed by atoms with Crippen molar-refractivity contribution in [3.05, 3.63) is 50.6 Å². The Bertz CT molecular complexity index is 576. The van der Waals surface area contributed by atoms with Crippen LogP contribution in [0.3, 0.4) is 0 Å². The normalized spacial score (nSPS) is 18.1. The topological polar surface area (TPSA) is 17.1 Å². The molecule has 1 aromatic carbocycles. The minimum absolute atomic E-state index is 0.0196. The first-order chi connectivity index (χ1) is 8.27. The summed E-state index contributed by atoms with van der Waals surface area (Å²) < 4.78 is 0.918. The lowest BCUT2D eigenvalue weighted by atomic mass is 9.96. The lowest BCUT2D eigenvalue weighted by Gasteiger charge is -2.08. The number of ketones is 1. The van der Waals surface area contributed by atoms with Crippen molar-refractivity contribution in [1.82, 2.24) is 0 Å². The number of hydrogen-bond acceptors (Lipinski definition) is 3. The van der Waals surface area contributed by atoms with E-state index in [0.29, 0.717) is 0 Å². The first kappa shape index (κ1) is 11.5. The number of hydrogen-bond donors (Lipinski definition) is 0. The number of benzene rings is 1. The second-order valence-electron chi connectivity index (χ2n) is 3.86. The Morgan fingerprint density at radius 1 is 1.29 bits per heavy atom. The highest BCUT2D eigenvalue weighted by molar-refractivity contribution is 9.10. The molecule has 0 amide bonds. The fourth-order valence-electron chi connectivity index (χ4n) is 2.01. The van der Waals surface area contributed by atoms with Gasteiger partial charge in [0.25, 0.3) is 0 Å². The van der Waals surface area contributed by atoms with Crippen LogP contribution >= 0.6 is 39.0 Å². The predicted octanol–water partition coefficient (Wildman–Crippen LogP) is 4.58. The molecular weight excluding hydrogens is 316 g/mol. The van der Waals surface area contributed by atoms with Gasteiger partial charge in [-0.05, 0) is 39.0 Å². The van der Waals surface area contributed by atoms with Crippen molar-refractivity contribution in [1.29, 1.82) is 0 Å². The predicted molar refractivity (Wildman–Crippen MR) is 76.3 cm³/mol. The first-order valence-corrected chi connectivity index (χ1v) is 7.92. The highest BCUT2D eigenvalue weighted by atomic mass is 79.9. The molecule has 0 saturated carbocycles. The van der Waals surface area contributed by atoms with Gasteiger partial charge in [-0.2, -0.15) is 0 Å². The molecule has 1 nitrogen and oxygen atoms in total. The Labute approximate surface area is 116 Å². The summed E-state index contributed by atoms with van der Waals surface area (Å²) in [5, 5.41) is 1.95. The van der Waals surface area contributed by atoms with Gasteiger partial charge in [0.2, 0.25) is 0 Å². The average Bonchev–Trinajstić information content (AvgIpc) is 2.94. The molecule has 3 rings (SSSR count). The number of thioether (sulfide) groups is 1. The zero-order chi connectivity index (χ0) is 11.8. The maximum atomic E-state index is 12.5. The minimum Gasteiger partial charge on any atom is -0.293 e. The van der Waals surface area contributed by atoms with Gasteiger partial charge in [-0.25, -0.2) is 0 Å². The van der Waals surface area contributed by atoms with E-state index in [1.165, 1.54) is 21.8 Å². The molecule has 1 aliphatic heterocycles. The van der Waals surface area contributed by atoms with Crippen molar-refractivity contribution < 1.29 is 4.79 Å². The Hall–Kier alpha value is -0.580. The summed E-state index contributed by atoms with van der Waals surface area (Å²) in [6, 6.07) is 10.1. The molecule has 1 atom stereocenters. The standard InChI is InChI=1S/C13H9BrOS2/c14-10-5-6-16-13(10)12(15)9-7-17-11-4-2-1-3-8(9)11/h1-6,9H,7H2. The summed E-state index contributed by atoms with van der Waals surface area (Å²) in [7, 11) is 0. The summed E-state index contributed by atoms with van der Waals surface area (Å²) >= 11 is 6.73. The summed E-state index contributed by atoms with van der Waals surface area (Å²) in [6.45, 7) is 0. The number of fused-ring (bicyclic) bond motifs is 1. The molecule has 0 radical (unpaired) electrons. The van der Waals surface area contributed by atoms with Crippen LogP contribution in [0.5, 0.6) is 0 Å². The molecule has 86 valence electrons. The van der Waals surface area contributed by atoms with Gasteiger partial charge in [0, 0.05) is 15.1 Å². The second kappa shape index (κ2) is 4.59. The van der Waals surface area contributed by atoms with Crippen molar-refractivity contribution in [2.75, 3.05) is 5.75 Å². The number of halogens is 1. The molecule has 1 aromatic heterocycles. The van der Waals surface area contributed by atoms with Crippen LogP contribution in [0.2, 0.25) is 0 Å². The van der Waals surface area contributed by atoms with E-state index in [1.807, 2.05) is 23.6 Å². The van der Waals surface area contributed by atoms with Gasteiger partial charge in [0.15, 0.2) is 5.78 Å². The first-order valence-electron chi connectivity index (χ1n) is 5.26. The van der Waals surface area contributed by atoms with E-state index in [1.54, 1.807) is 11.8 Å². The molecular formula is C13H9BrOS2. The van der Waals surface area contributed by atoms with Crippen molar-refractivity contribution in [3.63, 3.8) is 0 Å². The molecule has 1 aliphatic rings. The third kappa shape index (κ3) is 1.98. The molecule has 0 spiro atoms. The van der Waals surface area contributed by atoms with E-state index >= 15 is 0 Å². The van der Waals surface area contributed by atoms with Gasteiger partial charge >= 0.3 is 0 Å². The van der Waals surface area contributed by atoms with E-state index in [4.69, 9.17) is 0 Å². The van der Waals surface area contributed by atoms with E-state index in [2.05, 4.69) is 28.1 Å². The van der Waals surface area contributed by atoms with Crippen molar-refractivity contribution in [2.45, 2.75) is 10.8 Å². The largest absolute Gasteiger partial charge is 0.293 e. The fourth-order valence-corrected chi connectivity index (χ4v) is 4.80. The molecule has 0 bridgehead atoms. The van der Waals surface area contributed by atoms with Crippen molar-refractivity contribution >= 4 is 44.8 Å². The van der Waals surface area contributed by atoms with E-state index in [9.17, 15) is 4.79 Å². The van der Waals surface area contributed by atoms with Crippen LogP contribution in [0.1, 0.15) is 21.2 Å². The summed E-state index contributed by atoms with van der Waals surface area (Å²) in [4.78, 5) is 14.5. The van der Waals surface area contributed by atoms with E-state index < -0.39 is 0 Å². The average molecular weight is 325 g/mol. The highest BCUT2D eigenvalue weighted by Crippen LogP contribution is 2.42. The van der Waals surface area contributed by atoms with Gasteiger partial charge < -0.3 is 0 Å². The maximum Gasteiger partial charge on any atom is 0.182 e. The van der Waals surface area contributed by atoms with E-state index in [-0.39, 0.29) is 11.7 Å². The molecule has 0 aliphatic carbocycles. The number of thiophene rings is 1. The number of carbonyl (C=O) groups is 1. The summed E-state index contributed by atoms with van der Waals surface area (Å²) in [6.07, 6.45) is 0. The summed E-state index contributed by atoms with van der Waals surface area (Å²) in [5.41, 5.74) is 1.18. The number of carbonyl (C=O) groups excluding carboxylic acids is 1. The summed E-state index contributed by atoms with van der Waals surface area (Å²) in [5.74, 6) is 1.12. The van der Waals surface area contributed by atoms with Gasteiger partial charge in [-0.1, -0.05) is 18.2 Å². The van der Waals surface area contributed by atoms with Crippen LogP contribution in [-0.2, 0) is 0 Å².